The van der Waals surface area contributed by atoms with Gasteiger partial charge in [0, 0.05) is 12.6 Å². The van der Waals surface area contributed by atoms with Gasteiger partial charge in [-0.15, -0.1) is 11.8 Å². The van der Waals surface area contributed by atoms with Crippen molar-refractivity contribution in [1.82, 2.24) is 9.80 Å². The number of hydrogen-bond donors (Lipinski definition) is 1. The van der Waals surface area contributed by atoms with Gasteiger partial charge in [0.1, 0.15) is 6.54 Å². The smallest absolute Gasteiger partial charge is 0.305 e. The highest BCUT2D eigenvalue weighted by Gasteiger charge is 2.34. The maximum absolute atomic E-state index is 12.1. The number of thioether (sulfide) groups is 1. The third-order valence-electron chi connectivity index (χ3n) is 3.03. The van der Waals surface area contributed by atoms with Crippen LogP contribution in [0.5, 0.6) is 0 Å². The molecule has 1 heterocycles. The van der Waals surface area contributed by atoms with Crippen molar-refractivity contribution in [3.8, 4) is 0 Å². The maximum Gasteiger partial charge on any atom is 0.305 e. The first-order chi connectivity index (χ1) is 8.58. The van der Waals surface area contributed by atoms with Crippen LogP contribution < -0.4 is 0 Å². The fraction of sp³-hybridized carbons (Fsp3) is 0.727. The van der Waals surface area contributed by atoms with E-state index in [2.05, 4.69) is 0 Å². The Kier molecular flexibility index (Phi) is 4.11. The quantitative estimate of drug-likeness (QED) is 0.735. The van der Waals surface area contributed by atoms with Gasteiger partial charge in [-0.25, -0.2) is 0 Å². The summed E-state index contributed by atoms with van der Waals surface area (Å²) >= 11 is 1.50. The van der Waals surface area contributed by atoms with Crippen molar-refractivity contribution in [2.75, 3.05) is 24.7 Å². The Morgan fingerprint density at radius 3 is 2.67 bits per heavy atom. The molecule has 7 heteroatoms. The van der Waals surface area contributed by atoms with E-state index in [-0.39, 0.29) is 37.4 Å². The molecule has 2 rings (SSSR count). The molecule has 1 N–H and O–H groups in total. The second kappa shape index (κ2) is 5.60. The highest BCUT2D eigenvalue weighted by Crippen LogP contribution is 2.27. The van der Waals surface area contributed by atoms with Crippen LogP contribution in [0.2, 0.25) is 0 Å². The number of nitrogens with zero attached hydrogens (tertiary/aromatic N) is 2. The van der Waals surface area contributed by atoms with Gasteiger partial charge in [0.25, 0.3) is 0 Å². The fourth-order valence-corrected chi connectivity index (χ4v) is 2.81. The molecule has 0 spiro atoms. The van der Waals surface area contributed by atoms with Crippen molar-refractivity contribution in [3.05, 3.63) is 0 Å². The fourth-order valence-electron chi connectivity index (χ4n) is 1.91. The van der Waals surface area contributed by atoms with Crippen LogP contribution in [-0.4, -0.2) is 63.5 Å². The molecule has 100 valence electrons. The molecule has 1 aliphatic carbocycles. The summed E-state index contributed by atoms with van der Waals surface area (Å²) in [6, 6.07) is 0.183. The minimum Gasteiger partial charge on any atom is -0.481 e. The van der Waals surface area contributed by atoms with E-state index in [1.54, 1.807) is 4.90 Å². The minimum atomic E-state index is -0.902. The monoisotopic (exact) mass is 272 g/mol. The maximum atomic E-state index is 12.1. The lowest BCUT2D eigenvalue weighted by molar-refractivity contribution is -0.141. The van der Waals surface area contributed by atoms with Crippen molar-refractivity contribution in [2.24, 2.45) is 0 Å². The number of aliphatic carboxylic acids is 1. The summed E-state index contributed by atoms with van der Waals surface area (Å²) in [5.41, 5.74) is 0. The van der Waals surface area contributed by atoms with Crippen molar-refractivity contribution in [2.45, 2.75) is 25.3 Å². The Balaban J connectivity index is 1.87. The Morgan fingerprint density at radius 2 is 2.17 bits per heavy atom. The van der Waals surface area contributed by atoms with Gasteiger partial charge in [-0.05, 0) is 12.8 Å². The lowest BCUT2D eigenvalue weighted by Crippen LogP contribution is -2.43. The first-order valence-corrected chi connectivity index (χ1v) is 7.10. The summed E-state index contributed by atoms with van der Waals surface area (Å²) in [4.78, 5) is 37.2. The van der Waals surface area contributed by atoms with E-state index in [4.69, 9.17) is 5.11 Å². The summed E-state index contributed by atoms with van der Waals surface area (Å²) in [6.07, 6.45) is 1.84. The molecular weight excluding hydrogens is 256 g/mol. The molecule has 0 atom stereocenters. The molecule has 6 nitrogen and oxygen atoms in total. The van der Waals surface area contributed by atoms with E-state index in [0.29, 0.717) is 11.6 Å². The van der Waals surface area contributed by atoms with Crippen LogP contribution in [0.4, 0.5) is 0 Å². The van der Waals surface area contributed by atoms with Gasteiger partial charge in [0.05, 0.1) is 18.1 Å². The molecule has 2 amide bonds. The van der Waals surface area contributed by atoms with Gasteiger partial charge >= 0.3 is 5.97 Å². The second-order valence-electron chi connectivity index (χ2n) is 4.53. The largest absolute Gasteiger partial charge is 0.481 e. The van der Waals surface area contributed by atoms with Crippen LogP contribution in [0, 0.1) is 0 Å². The average molecular weight is 272 g/mol. The third-order valence-corrected chi connectivity index (χ3v) is 3.97. The molecule has 0 aromatic rings. The average Bonchev–Trinajstić information content (AvgIpc) is 3.05. The first-order valence-electron chi connectivity index (χ1n) is 5.94. The van der Waals surface area contributed by atoms with Crippen molar-refractivity contribution >= 4 is 29.5 Å². The van der Waals surface area contributed by atoms with E-state index < -0.39 is 5.97 Å². The zero-order valence-electron chi connectivity index (χ0n) is 10.0. The van der Waals surface area contributed by atoms with E-state index >= 15 is 0 Å². The van der Waals surface area contributed by atoms with Crippen LogP contribution in [-0.2, 0) is 14.4 Å². The number of carboxylic acids is 1. The molecule has 1 aliphatic heterocycles. The third kappa shape index (κ3) is 3.38. The van der Waals surface area contributed by atoms with E-state index in [1.807, 2.05) is 0 Å². The van der Waals surface area contributed by atoms with Crippen molar-refractivity contribution < 1.29 is 19.5 Å². The summed E-state index contributed by atoms with van der Waals surface area (Å²) < 4.78 is 0. The molecule has 0 bridgehead atoms. The molecule has 0 radical (unpaired) electrons. The molecule has 1 saturated carbocycles. The van der Waals surface area contributed by atoms with Gasteiger partial charge in [0.15, 0.2) is 0 Å². The lowest BCUT2D eigenvalue weighted by Gasteiger charge is -2.24. The van der Waals surface area contributed by atoms with E-state index in [1.165, 1.54) is 16.7 Å². The number of carbonyl (C=O) groups excluding carboxylic acids is 2. The van der Waals surface area contributed by atoms with Gasteiger partial charge < -0.3 is 14.9 Å². The standard InChI is InChI=1S/C11H16N2O4S/c14-9(5-12-7-18-6-10(12)15)13(8-1-2-8)4-3-11(16)17/h8H,1-7H2,(H,16,17). The van der Waals surface area contributed by atoms with Gasteiger partial charge in [0.2, 0.25) is 11.8 Å². The van der Waals surface area contributed by atoms with Crippen LogP contribution >= 0.6 is 11.8 Å². The SMILES string of the molecule is O=C(O)CCN(C(=O)CN1CSCC1=O)C1CC1. The Bertz CT molecular complexity index is 370. The number of amides is 2. The Morgan fingerprint density at radius 1 is 1.44 bits per heavy atom. The van der Waals surface area contributed by atoms with Gasteiger partial charge in [-0.2, -0.15) is 0 Å². The summed E-state index contributed by atoms with van der Waals surface area (Å²) in [6.45, 7) is 0.329. The predicted octanol–water partition coefficient (Wildman–Crippen LogP) is -0.0150. The number of hydrogen-bond acceptors (Lipinski definition) is 4. The molecule has 0 aromatic carbocycles. The van der Waals surface area contributed by atoms with Crippen LogP contribution in [0.25, 0.3) is 0 Å². The van der Waals surface area contributed by atoms with E-state index in [9.17, 15) is 14.4 Å². The molecule has 1 saturated heterocycles. The Labute approximate surface area is 109 Å². The zero-order valence-corrected chi connectivity index (χ0v) is 10.8. The minimum absolute atomic E-state index is 0.0117. The highest BCUT2D eigenvalue weighted by molar-refractivity contribution is 8.00. The highest BCUT2D eigenvalue weighted by atomic mass is 32.2. The lowest BCUT2D eigenvalue weighted by atomic mass is 10.3. The normalized spacial score (nSPS) is 19.1. The summed E-state index contributed by atoms with van der Waals surface area (Å²) in [5.74, 6) is -0.0495. The molecular formula is C11H16N2O4S. The topological polar surface area (TPSA) is 77.9 Å². The van der Waals surface area contributed by atoms with Crippen molar-refractivity contribution in [1.29, 1.82) is 0 Å². The molecule has 0 unspecified atom stereocenters. The van der Waals surface area contributed by atoms with Gasteiger partial charge in [-0.3, -0.25) is 14.4 Å². The number of carbonyl (C=O) groups is 3. The second-order valence-corrected chi connectivity index (χ2v) is 5.49. The number of carboxylic acid groups (broad SMARTS) is 1. The number of rotatable bonds is 6. The molecule has 2 fully saturated rings. The van der Waals surface area contributed by atoms with Crippen LogP contribution in [0.15, 0.2) is 0 Å². The van der Waals surface area contributed by atoms with Crippen LogP contribution in [0.3, 0.4) is 0 Å². The molecule has 18 heavy (non-hydrogen) atoms. The Hall–Kier alpha value is -1.24. The van der Waals surface area contributed by atoms with Gasteiger partial charge in [-0.1, -0.05) is 0 Å². The van der Waals surface area contributed by atoms with Crippen LogP contribution in [0.1, 0.15) is 19.3 Å². The summed E-state index contributed by atoms with van der Waals surface area (Å²) in [7, 11) is 0. The molecule has 2 aliphatic rings. The molecule has 0 aromatic heterocycles. The summed E-state index contributed by atoms with van der Waals surface area (Å²) in [5, 5.41) is 8.67. The van der Waals surface area contributed by atoms with E-state index in [0.717, 1.165) is 12.8 Å². The predicted molar refractivity (Wildman–Crippen MR) is 66.0 cm³/mol. The first kappa shape index (κ1) is 13.2. The van der Waals surface area contributed by atoms with Crippen molar-refractivity contribution in [3.63, 3.8) is 0 Å². The zero-order chi connectivity index (χ0) is 13.1.